The first kappa shape index (κ1) is 69.6. The van der Waals surface area contributed by atoms with Crippen LogP contribution in [0.1, 0.15) is 209 Å². The number of nitrogens with one attached hydrogen (secondary N) is 4. The summed E-state index contributed by atoms with van der Waals surface area (Å²) in [6, 6.07) is 42.6. The average molecular weight is 1340 g/mol. The van der Waals surface area contributed by atoms with E-state index in [0.717, 1.165) is 34.6 Å². The molecule has 0 radical (unpaired) electrons. The molecule has 4 aromatic carbocycles. The van der Waals surface area contributed by atoms with E-state index < -0.39 is 73.0 Å². The van der Waals surface area contributed by atoms with E-state index in [2.05, 4.69) is 20.6 Å². The Morgan fingerprint density at radius 2 is 0.772 bits per heavy atom. The molecular weight excluding hydrogens is 1250 g/mol. The van der Waals surface area contributed by atoms with Crippen molar-refractivity contribution in [1.82, 2.24) is 20.6 Å². The average Bonchev–Trinajstić information content (AvgIpc) is 1.61. The van der Waals surface area contributed by atoms with Gasteiger partial charge in [0, 0.05) is 29.6 Å². The maximum absolute atomic E-state index is 12.7. The van der Waals surface area contributed by atoms with Crippen LogP contribution < -0.4 is 21.5 Å². The van der Waals surface area contributed by atoms with Crippen LogP contribution in [0.2, 0.25) is 0 Å². The van der Waals surface area contributed by atoms with Gasteiger partial charge < -0.3 is 15.3 Å². The van der Waals surface area contributed by atoms with Crippen LogP contribution in [-0.2, 0) is 40.5 Å². The molecule has 92 heavy (non-hydrogen) atoms. The summed E-state index contributed by atoms with van der Waals surface area (Å²) < 4.78 is 142. The minimum atomic E-state index is -4.39. The molecule has 9 rings (SSSR count). The van der Waals surface area contributed by atoms with Crippen molar-refractivity contribution in [2.24, 2.45) is 20.0 Å². The van der Waals surface area contributed by atoms with Crippen LogP contribution in [0.4, 0.5) is 0 Å². The second kappa shape index (κ2) is 31.9. The normalized spacial score (nSPS) is 18.9. The smallest absolute Gasteiger partial charge is 0.271 e. The highest BCUT2D eigenvalue weighted by Gasteiger charge is 2.47. The molecule has 5 heterocycles. The van der Waals surface area contributed by atoms with Crippen molar-refractivity contribution in [3.8, 4) is 0 Å². The third-order valence-corrected chi connectivity index (χ3v) is 22.3. The van der Waals surface area contributed by atoms with E-state index >= 15 is 0 Å². The Morgan fingerprint density at radius 1 is 0.380 bits per heavy atom. The number of aliphatic imine (C=N–C) groups is 3. The first-order valence-corrected chi connectivity index (χ1v) is 38.1. The van der Waals surface area contributed by atoms with E-state index in [-0.39, 0.29) is 25.7 Å². The van der Waals surface area contributed by atoms with Gasteiger partial charge in [-0.15, -0.1) is 0 Å². The highest BCUT2D eigenvalue weighted by Crippen LogP contribution is 2.37. The molecule has 3 aliphatic rings. The molecule has 494 valence electrons. The number of amidine groups is 1. The summed E-state index contributed by atoms with van der Waals surface area (Å²) in [7, 11) is -17.5. The maximum atomic E-state index is 12.7. The number of allylic oxidation sites excluding steroid dienone is 1. The van der Waals surface area contributed by atoms with Gasteiger partial charge in [-0.2, -0.15) is 33.7 Å². The molecule has 0 spiro atoms. The van der Waals surface area contributed by atoms with Gasteiger partial charge in [0.15, 0.2) is 11.6 Å². The molecule has 0 fully saturated rings. The van der Waals surface area contributed by atoms with Gasteiger partial charge >= 0.3 is 0 Å². The second-order valence-corrected chi connectivity index (χ2v) is 30.8. The number of aromatic amines is 2. The quantitative estimate of drug-likeness (QED) is 0.0134. The van der Waals surface area contributed by atoms with Crippen LogP contribution in [0.3, 0.4) is 0 Å². The molecule has 0 saturated heterocycles. The molecule has 2 aromatic heterocycles. The summed E-state index contributed by atoms with van der Waals surface area (Å²) in [5, 5.41) is 4.35. The van der Waals surface area contributed by atoms with E-state index in [1.807, 2.05) is 36.4 Å². The van der Waals surface area contributed by atoms with E-state index in [0.29, 0.717) is 161 Å². The molecule has 6 atom stereocenters. The molecule has 24 heteroatoms. The topological polar surface area (TPSA) is 323 Å². The van der Waals surface area contributed by atoms with Gasteiger partial charge in [0.2, 0.25) is 5.79 Å². The Kier molecular flexibility index (Phi) is 24.2. The summed E-state index contributed by atoms with van der Waals surface area (Å²) in [6.45, 7) is 0. The number of aromatic nitrogens is 2. The molecule has 8 bridgehead atoms. The van der Waals surface area contributed by atoms with E-state index in [9.17, 15) is 51.9 Å². The lowest BCUT2D eigenvalue weighted by atomic mass is 10.0. The minimum absolute atomic E-state index is 0.220. The number of benzene rings is 4. The van der Waals surface area contributed by atoms with Crippen LogP contribution in [0, 0.1) is 0 Å². The zero-order valence-electron chi connectivity index (χ0n) is 51.8. The van der Waals surface area contributed by atoms with Gasteiger partial charge in [-0.3, -0.25) is 18.2 Å². The van der Waals surface area contributed by atoms with Crippen LogP contribution in [0.15, 0.2) is 171 Å². The molecule has 20 nitrogen and oxygen atoms in total. The van der Waals surface area contributed by atoms with Crippen molar-refractivity contribution >= 4 is 69.9 Å². The van der Waals surface area contributed by atoms with Crippen molar-refractivity contribution in [2.75, 3.05) is 0 Å². The van der Waals surface area contributed by atoms with Gasteiger partial charge in [-0.25, -0.2) is 25.3 Å². The van der Waals surface area contributed by atoms with Crippen LogP contribution >= 0.6 is 0 Å². The number of hydrogen-bond donors (Lipinski definition) is 8. The van der Waals surface area contributed by atoms with Crippen LogP contribution in [-0.4, -0.2) is 90.7 Å². The third-order valence-electron chi connectivity index (χ3n) is 17.4. The number of H-pyrrole nitrogens is 2. The SMILES string of the molecule is O=S(=O)(O)C(CCCCCCC1=NC2(CCCCCCC(c3ccccc3)S(=O)(=O)O)NC1=Cc1ccc([nH]1)C=c1ccc([nH]1)=NC1=NC(CCCCCCC(c3ccccc3)S(=O)(=O)O)(N=C1CCCCCCC(c1ccccc1)S(=O)(=O)O)N2)c1ccccc1. The fourth-order valence-electron chi connectivity index (χ4n) is 12.8. The van der Waals surface area contributed by atoms with E-state index in [4.69, 9.17) is 20.0 Å². The Bertz CT molecular complexity index is 4130. The molecule has 0 aliphatic carbocycles. The first-order valence-electron chi connectivity index (χ1n) is 32.1. The summed E-state index contributed by atoms with van der Waals surface area (Å²) in [5.74, 6) is -2.17. The predicted molar refractivity (Wildman–Crippen MR) is 362 cm³/mol. The van der Waals surface area contributed by atoms with Crippen molar-refractivity contribution in [2.45, 2.75) is 187 Å². The second-order valence-electron chi connectivity index (χ2n) is 24.4. The number of nitrogens with zero attached hydrogens (tertiary/aromatic N) is 4. The standard InChI is InChI=1S/C68H86N8O12S4/c77-89(78,79)61(51-29-13-9-14-30-51)39-23-3-1-21-37-58-60-50-57-44-43-55(69-57)49-56-45-46-65(70-56)71-66-59(38-22-2-4-24-40-62(90(80,81)82)52-31-15-10-16-32-52)73-68(75-66,48-28-8-6-26-42-64(92(86,87)88)54-35-19-12-20-36-54)76-67(72-58,74-60)47-27-7-5-25-41-63(91(83,84)85)53-33-17-11-18-34-53/h9-20,29-36,43-46,49-50,61-64,69,74,76H,1-8,21-28,37-42,47-48H2,(H,70,71,75)(H,77,78,79)(H,80,81,82)(H,83,84,85)(H,86,87,88). The van der Waals surface area contributed by atoms with Gasteiger partial charge in [0.25, 0.3) is 40.5 Å². The molecule has 6 aromatic rings. The Hall–Kier alpha value is -6.74. The van der Waals surface area contributed by atoms with Gasteiger partial charge in [-0.05, 0) is 123 Å². The van der Waals surface area contributed by atoms with E-state index in [1.54, 1.807) is 121 Å². The first-order chi connectivity index (χ1) is 44.0. The monoisotopic (exact) mass is 1330 g/mol. The Labute approximate surface area is 541 Å². The predicted octanol–water partition coefficient (Wildman–Crippen LogP) is 12.8. The third kappa shape index (κ3) is 20.1. The Morgan fingerprint density at radius 3 is 1.21 bits per heavy atom. The van der Waals surface area contributed by atoms with Gasteiger partial charge in [0.05, 0.1) is 17.1 Å². The Balaban J connectivity index is 1.02. The van der Waals surface area contributed by atoms with Crippen LogP contribution in [0.5, 0.6) is 0 Å². The zero-order chi connectivity index (χ0) is 65.2. The van der Waals surface area contributed by atoms with Crippen molar-refractivity contribution in [3.63, 3.8) is 0 Å². The fourth-order valence-corrected chi connectivity index (χ4v) is 16.7. The summed E-state index contributed by atoms with van der Waals surface area (Å²) in [5.41, 5.74) is 6.50. The number of fused-ring (bicyclic) bond motifs is 7. The highest BCUT2D eigenvalue weighted by atomic mass is 32.2. The van der Waals surface area contributed by atoms with Crippen LogP contribution in [0.25, 0.3) is 12.2 Å². The molecule has 3 aliphatic heterocycles. The van der Waals surface area contributed by atoms with Crippen molar-refractivity contribution in [1.29, 1.82) is 0 Å². The summed E-state index contributed by atoms with van der Waals surface area (Å²) in [4.78, 5) is 28.8. The zero-order valence-corrected chi connectivity index (χ0v) is 55.0. The lowest BCUT2D eigenvalue weighted by molar-refractivity contribution is 0.177. The number of unbranched alkanes of at least 4 members (excludes halogenated alkanes) is 12. The molecule has 6 unspecified atom stereocenters. The highest BCUT2D eigenvalue weighted by molar-refractivity contribution is 7.86. The molecule has 0 saturated carbocycles. The van der Waals surface area contributed by atoms with E-state index in [1.165, 1.54) is 0 Å². The lowest BCUT2D eigenvalue weighted by Gasteiger charge is -2.36. The number of rotatable bonds is 36. The number of hydrogen-bond acceptors (Lipinski definition) is 14. The largest absolute Gasteiger partial charge is 0.355 e. The summed E-state index contributed by atoms with van der Waals surface area (Å²) in [6.07, 6.45) is 16.9. The fraction of sp³-hybridized carbons (Fsp3) is 0.441. The maximum Gasteiger partial charge on any atom is 0.271 e. The molecular formula is C68H86N8O12S4. The molecule has 0 amide bonds. The van der Waals surface area contributed by atoms with Crippen molar-refractivity contribution < 1.29 is 51.9 Å². The molecule has 8 N–H and O–H groups in total. The lowest BCUT2D eigenvalue weighted by Crippen LogP contribution is -2.60. The van der Waals surface area contributed by atoms with Gasteiger partial charge in [-0.1, -0.05) is 198 Å². The van der Waals surface area contributed by atoms with Crippen molar-refractivity contribution in [3.05, 3.63) is 196 Å². The minimum Gasteiger partial charge on any atom is -0.355 e. The summed E-state index contributed by atoms with van der Waals surface area (Å²) >= 11 is 0. The van der Waals surface area contributed by atoms with Gasteiger partial charge in [0.1, 0.15) is 26.5 Å².